The van der Waals surface area contributed by atoms with Gasteiger partial charge in [0, 0.05) is 5.56 Å². The topological polar surface area (TPSA) is 115 Å². The SMILES string of the molecule is CCOC(=O)C1=C(C)N=c2s/c(=C\c3cc(Cl)c(OCc4ccccc4F)c(Cl)c3)c(=O)n2[C@@H]1c1ccc(OCC(=O)OC)c(OCC)c1. The lowest BCUT2D eigenvalue weighted by atomic mass is 9.95. The van der Waals surface area contributed by atoms with Crippen molar-refractivity contribution in [2.75, 3.05) is 26.9 Å². The number of methoxy groups -OCH3 is 1. The van der Waals surface area contributed by atoms with Gasteiger partial charge in [0.05, 0.1) is 52.2 Å². The molecule has 14 heteroatoms. The van der Waals surface area contributed by atoms with Crippen LogP contribution in [-0.2, 0) is 25.7 Å². The van der Waals surface area contributed by atoms with Gasteiger partial charge in [-0.1, -0.05) is 58.8 Å². The van der Waals surface area contributed by atoms with Crippen molar-refractivity contribution in [3.63, 3.8) is 0 Å². The summed E-state index contributed by atoms with van der Waals surface area (Å²) in [5, 5.41) is 0.332. The van der Waals surface area contributed by atoms with E-state index < -0.39 is 29.4 Å². The molecule has 0 radical (unpaired) electrons. The first-order valence-electron chi connectivity index (χ1n) is 15.1. The Morgan fingerprint density at radius 3 is 2.41 bits per heavy atom. The van der Waals surface area contributed by atoms with Crippen LogP contribution >= 0.6 is 34.5 Å². The second kappa shape index (κ2) is 15.7. The highest BCUT2D eigenvalue weighted by Crippen LogP contribution is 2.37. The van der Waals surface area contributed by atoms with Crippen LogP contribution in [-0.4, -0.2) is 43.4 Å². The zero-order chi connectivity index (χ0) is 35.2. The molecule has 1 aliphatic heterocycles. The summed E-state index contributed by atoms with van der Waals surface area (Å²) in [5.74, 6) is -0.879. The van der Waals surface area contributed by atoms with Gasteiger partial charge in [0.2, 0.25) is 0 Å². The van der Waals surface area contributed by atoms with Gasteiger partial charge in [0.1, 0.15) is 12.4 Å². The summed E-state index contributed by atoms with van der Waals surface area (Å²) in [4.78, 5) is 44.1. The average molecular weight is 730 g/mol. The standard InChI is InChI=1S/C35H31Cl2FN2O8S/c1-5-45-27-16-21(11-12-26(27)47-18-29(41)44-4)31-30(34(43)46-6-2)19(3)39-35-40(31)33(42)28(49-35)15-20-13-23(36)32(24(37)14-20)48-17-22-9-7-8-10-25(22)38/h7-16,31H,5-6,17-18H2,1-4H3/b28-15-/t31-/m1/s1. The second-order valence-electron chi connectivity index (χ2n) is 10.5. The minimum absolute atomic E-state index is 0.0877. The van der Waals surface area contributed by atoms with Gasteiger partial charge < -0.3 is 23.7 Å². The van der Waals surface area contributed by atoms with E-state index in [0.29, 0.717) is 32.9 Å². The molecule has 10 nitrogen and oxygen atoms in total. The Hall–Kier alpha value is -4.65. The van der Waals surface area contributed by atoms with E-state index in [1.165, 1.54) is 17.7 Å². The summed E-state index contributed by atoms with van der Waals surface area (Å²) in [7, 11) is 1.25. The summed E-state index contributed by atoms with van der Waals surface area (Å²) < 4.78 is 43.0. The van der Waals surface area contributed by atoms with Crippen molar-refractivity contribution in [3.05, 3.63) is 118 Å². The molecule has 0 bridgehead atoms. The molecule has 3 aromatic carbocycles. The largest absolute Gasteiger partial charge is 0.490 e. The quantitative estimate of drug-likeness (QED) is 0.169. The van der Waals surface area contributed by atoms with Gasteiger partial charge in [-0.05, 0) is 68.3 Å². The third-order valence-corrected chi connectivity index (χ3v) is 8.87. The molecule has 49 heavy (non-hydrogen) atoms. The van der Waals surface area contributed by atoms with Gasteiger partial charge in [-0.15, -0.1) is 0 Å². The van der Waals surface area contributed by atoms with Crippen LogP contribution in [0.4, 0.5) is 4.39 Å². The number of aromatic nitrogens is 1. The van der Waals surface area contributed by atoms with Crippen LogP contribution in [0.1, 0.15) is 43.5 Å². The van der Waals surface area contributed by atoms with Gasteiger partial charge in [0.15, 0.2) is 28.7 Å². The highest BCUT2D eigenvalue weighted by molar-refractivity contribution is 7.07. The number of allylic oxidation sites excluding steroid dienone is 1. The Morgan fingerprint density at radius 1 is 1.00 bits per heavy atom. The lowest BCUT2D eigenvalue weighted by Crippen LogP contribution is -2.40. The van der Waals surface area contributed by atoms with Crippen LogP contribution in [0.3, 0.4) is 0 Å². The van der Waals surface area contributed by atoms with Crippen molar-refractivity contribution < 1.29 is 37.7 Å². The Morgan fingerprint density at radius 2 is 1.73 bits per heavy atom. The van der Waals surface area contributed by atoms with Gasteiger partial charge in [-0.25, -0.2) is 19.0 Å². The molecule has 0 spiro atoms. The molecule has 0 amide bonds. The van der Waals surface area contributed by atoms with E-state index in [4.69, 9.17) is 42.1 Å². The van der Waals surface area contributed by atoms with Crippen LogP contribution < -0.4 is 29.1 Å². The summed E-state index contributed by atoms with van der Waals surface area (Å²) >= 11 is 14.2. The predicted molar refractivity (Wildman–Crippen MR) is 183 cm³/mol. The molecule has 1 aromatic heterocycles. The van der Waals surface area contributed by atoms with Gasteiger partial charge >= 0.3 is 11.9 Å². The van der Waals surface area contributed by atoms with E-state index in [0.717, 1.165) is 11.3 Å². The number of esters is 2. The van der Waals surface area contributed by atoms with E-state index in [-0.39, 0.29) is 58.1 Å². The van der Waals surface area contributed by atoms with E-state index >= 15 is 0 Å². The number of nitrogens with zero attached hydrogens (tertiary/aromatic N) is 2. The van der Waals surface area contributed by atoms with Gasteiger partial charge in [0.25, 0.3) is 5.56 Å². The van der Waals surface area contributed by atoms with Crippen molar-refractivity contribution in [2.24, 2.45) is 4.99 Å². The first-order chi connectivity index (χ1) is 23.6. The number of ether oxygens (including phenoxy) is 5. The second-order valence-corrected chi connectivity index (χ2v) is 12.3. The van der Waals surface area contributed by atoms with E-state index in [2.05, 4.69) is 9.73 Å². The third-order valence-electron chi connectivity index (χ3n) is 7.32. The number of carbonyl (C=O) groups excluding carboxylic acids is 2. The predicted octanol–water partition coefficient (Wildman–Crippen LogP) is 5.77. The van der Waals surface area contributed by atoms with Crippen LogP contribution in [0.5, 0.6) is 17.2 Å². The monoisotopic (exact) mass is 728 g/mol. The lowest BCUT2D eigenvalue weighted by molar-refractivity contribution is -0.143. The van der Waals surface area contributed by atoms with Crippen molar-refractivity contribution in [3.8, 4) is 17.2 Å². The van der Waals surface area contributed by atoms with Crippen LogP contribution in [0.15, 0.2) is 75.7 Å². The average Bonchev–Trinajstić information content (AvgIpc) is 3.37. The first-order valence-corrected chi connectivity index (χ1v) is 16.6. The maximum Gasteiger partial charge on any atom is 0.343 e. The minimum Gasteiger partial charge on any atom is -0.490 e. The molecule has 0 saturated carbocycles. The number of hydrogen-bond donors (Lipinski definition) is 0. The highest BCUT2D eigenvalue weighted by atomic mass is 35.5. The van der Waals surface area contributed by atoms with Crippen LogP contribution in [0.2, 0.25) is 10.0 Å². The Labute approximate surface area is 294 Å². The molecule has 0 fully saturated rings. The number of halogens is 3. The Kier molecular flexibility index (Phi) is 11.4. The lowest BCUT2D eigenvalue weighted by Gasteiger charge is -2.25. The van der Waals surface area contributed by atoms with Crippen LogP contribution in [0.25, 0.3) is 6.08 Å². The zero-order valence-electron chi connectivity index (χ0n) is 26.9. The first kappa shape index (κ1) is 35.7. The summed E-state index contributed by atoms with van der Waals surface area (Å²) in [6, 6.07) is 13.3. The van der Waals surface area contributed by atoms with E-state index in [1.54, 1.807) is 75.4 Å². The fourth-order valence-corrected chi connectivity index (χ4v) is 6.76. The molecule has 1 atom stereocenters. The summed E-state index contributed by atoms with van der Waals surface area (Å²) in [6.07, 6.45) is 1.61. The van der Waals surface area contributed by atoms with E-state index in [9.17, 15) is 18.8 Å². The zero-order valence-corrected chi connectivity index (χ0v) is 29.2. The molecular formula is C35H31Cl2FN2O8S. The van der Waals surface area contributed by atoms with Crippen LogP contribution in [0, 0.1) is 5.82 Å². The van der Waals surface area contributed by atoms with Crippen molar-refractivity contribution in [2.45, 2.75) is 33.4 Å². The molecule has 0 unspecified atom stereocenters. The number of carbonyl (C=O) groups is 2. The number of thiazole rings is 1. The number of hydrogen-bond acceptors (Lipinski definition) is 10. The molecule has 4 aromatic rings. The molecule has 5 rings (SSSR count). The molecule has 1 aliphatic rings. The fraction of sp³-hybridized carbons (Fsp3) is 0.257. The summed E-state index contributed by atoms with van der Waals surface area (Å²) in [5.41, 5.74) is 1.47. The maximum absolute atomic E-state index is 14.1. The number of rotatable bonds is 12. The number of fused-ring (bicyclic) bond motifs is 1. The smallest absolute Gasteiger partial charge is 0.343 e. The normalized spacial score (nSPS) is 14.2. The van der Waals surface area contributed by atoms with Gasteiger partial charge in [-0.2, -0.15) is 0 Å². The minimum atomic E-state index is -0.937. The molecule has 256 valence electrons. The third kappa shape index (κ3) is 7.82. The molecule has 2 heterocycles. The molecular weight excluding hydrogens is 698 g/mol. The molecule has 0 saturated heterocycles. The van der Waals surface area contributed by atoms with Crippen molar-refractivity contribution >= 4 is 52.6 Å². The van der Waals surface area contributed by atoms with Crippen molar-refractivity contribution in [1.82, 2.24) is 4.57 Å². The highest BCUT2D eigenvalue weighted by Gasteiger charge is 2.34. The molecule has 0 N–H and O–H groups in total. The Bertz CT molecular complexity index is 2110. The molecule has 0 aliphatic carbocycles. The van der Waals surface area contributed by atoms with Crippen molar-refractivity contribution in [1.29, 1.82) is 0 Å². The van der Waals surface area contributed by atoms with E-state index in [1.807, 2.05) is 0 Å². The summed E-state index contributed by atoms with van der Waals surface area (Å²) in [6.45, 7) is 5.10. The number of benzene rings is 3. The Balaban J connectivity index is 1.57. The van der Waals surface area contributed by atoms with Gasteiger partial charge in [-0.3, -0.25) is 9.36 Å². The fourth-order valence-electron chi connectivity index (χ4n) is 5.10. The maximum atomic E-state index is 14.1.